The summed E-state index contributed by atoms with van der Waals surface area (Å²) in [5.74, 6) is 0. The zero-order chi connectivity index (χ0) is 55.9. The molecule has 0 fully saturated rings. The minimum absolute atomic E-state index is 1.30. The number of rotatable bonds is 0. The molecule has 84 heavy (non-hydrogen) atoms. The van der Waals surface area contributed by atoms with Crippen molar-refractivity contribution in [1.29, 1.82) is 0 Å². The number of hydrogen-bond acceptors (Lipinski definition) is 4. The van der Waals surface area contributed by atoms with Crippen molar-refractivity contribution in [2.24, 2.45) is 28.2 Å². The van der Waals surface area contributed by atoms with Crippen LogP contribution in [0, 0.1) is 0 Å². The normalized spacial score (nSPS) is 12.0. The monoisotopic (exact) mass is 1150 g/mol. The summed E-state index contributed by atoms with van der Waals surface area (Å²) in [6.07, 6.45) is 0. The van der Waals surface area contributed by atoms with Crippen molar-refractivity contribution in [2.45, 2.75) is 0 Å². The van der Waals surface area contributed by atoms with Crippen LogP contribution < -0.4 is 0 Å². The van der Waals surface area contributed by atoms with E-state index in [4.69, 9.17) is 0 Å². The fraction of sp³-hybridized carbons (Fsp3) is 0.0526. The summed E-state index contributed by atoms with van der Waals surface area (Å²) in [7, 11) is 8.67. The fourth-order valence-corrected chi connectivity index (χ4v) is 18.3. The molecule has 400 valence electrons. The van der Waals surface area contributed by atoms with Gasteiger partial charge >= 0.3 is 0 Å². The van der Waals surface area contributed by atoms with E-state index < -0.39 is 0 Å². The Morgan fingerprint density at radius 1 is 0.202 bits per heavy atom. The average Bonchev–Trinajstić information content (AvgIpc) is 1.92. The van der Waals surface area contributed by atoms with E-state index in [-0.39, 0.29) is 0 Å². The van der Waals surface area contributed by atoms with Crippen molar-refractivity contribution in [3.8, 4) is 0 Å². The Bertz CT molecular complexity index is 6010. The van der Waals surface area contributed by atoms with Crippen LogP contribution in [-0.2, 0) is 28.2 Å². The molecule has 0 saturated heterocycles. The van der Waals surface area contributed by atoms with Crippen molar-refractivity contribution in [3.63, 3.8) is 0 Å². The quantitative estimate of drug-likeness (QED) is 0.144. The van der Waals surface area contributed by atoms with E-state index >= 15 is 0 Å². The maximum absolute atomic E-state index is 2.37. The lowest BCUT2D eigenvalue weighted by Crippen LogP contribution is -1.86. The van der Waals surface area contributed by atoms with Crippen molar-refractivity contribution in [2.75, 3.05) is 0 Å². The van der Waals surface area contributed by atoms with Crippen LogP contribution in [-0.4, -0.2) is 18.3 Å². The molecule has 0 saturated carbocycles. The molecule has 8 aromatic heterocycles. The van der Waals surface area contributed by atoms with Gasteiger partial charge in [0.2, 0.25) is 0 Å². The molecule has 8 heterocycles. The van der Waals surface area contributed by atoms with Crippen LogP contribution >= 0.6 is 45.3 Å². The smallest absolute Gasteiger partial charge is 0.0670 e. The lowest BCUT2D eigenvalue weighted by Gasteiger charge is -2.00. The number of benzene rings is 12. The third-order valence-electron chi connectivity index (χ3n) is 17.6. The number of nitrogens with zero attached hydrogens (tertiary/aromatic N) is 4. The van der Waals surface area contributed by atoms with Gasteiger partial charge in [0.15, 0.2) is 0 Å². The fourth-order valence-electron chi connectivity index (χ4n) is 13.7. The second kappa shape index (κ2) is 19.1. The number of aromatic nitrogens is 4. The van der Waals surface area contributed by atoms with Gasteiger partial charge in [-0.15, -0.1) is 45.3 Å². The van der Waals surface area contributed by atoms with Crippen LogP contribution in [0.25, 0.3) is 168 Å². The lowest BCUT2D eigenvalue weighted by molar-refractivity contribution is 1.02. The van der Waals surface area contributed by atoms with Gasteiger partial charge in [0.05, 0.1) is 21.3 Å². The van der Waals surface area contributed by atoms with Crippen molar-refractivity contribution in [1.82, 2.24) is 18.3 Å². The molecule has 0 bridgehead atoms. The number of aryl methyl sites for hydroxylation is 4. The third-order valence-corrected chi connectivity index (χ3v) is 22.2. The second-order valence-electron chi connectivity index (χ2n) is 22.1. The molecular formula is C76H52N4S4. The van der Waals surface area contributed by atoms with Crippen LogP contribution in [0.5, 0.6) is 0 Å². The van der Waals surface area contributed by atoms with Gasteiger partial charge in [-0.1, -0.05) is 164 Å². The summed E-state index contributed by atoms with van der Waals surface area (Å²) in [5.41, 5.74) is 10.5. The van der Waals surface area contributed by atoms with Gasteiger partial charge in [-0.3, -0.25) is 0 Å². The van der Waals surface area contributed by atoms with E-state index in [1.165, 1.54) is 168 Å². The van der Waals surface area contributed by atoms with Crippen molar-refractivity contribution in [3.05, 3.63) is 243 Å². The molecule has 4 nitrogen and oxygen atoms in total. The second-order valence-corrected chi connectivity index (χ2v) is 26.4. The Morgan fingerprint density at radius 3 is 1.13 bits per heavy atom. The number of thiophene rings is 4. The maximum Gasteiger partial charge on any atom is 0.0670 e. The van der Waals surface area contributed by atoms with Gasteiger partial charge in [-0.2, -0.15) is 0 Å². The molecular weight excluding hydrogens is 1100 g/mol. The first-order chi connectivity index (χ1) is 41.3. The first kappa shape index (κ1) is 49.3. The Kier molecular flexibility index (Phi) is 11.2. The van der Waals surface area contributed by atoms with Gasteiger partial charge in [0.25, 0.3) is 0 Å². The summed E-state index contributed by atoms with van der Waals surface area (Å²) in [5, 5.41) is 21.8. The molecule has 0 atom stereocenters. The Morgan fingerprint density at radius 2 is 0.560 bits per heavy atom. The number of para-hydroxylation sites is 4. The number of fused-ring (bicyclic) bond motifs is 26. The highest BCUT2D eigenvalue weighted by Gasteiger charge is 2.18. The third kappa shape index (κ3) is 7.41. The molecule has 8 heteroatoms. The molecule has 0 unspecified atom stereocenters. The van der Waals surface area contributed by atoms with Crippen molar-refractivity contribution < 1.29 is 0 Å². The van der Waals surface area contributed by atoms with Crippen LogP contribution in [0.15, 0.2) is 243 Å². The van der Waals surface area contributed by atoms with Gasteiger partial charge in [-0.05, 0) is 78.9 Å². The van der Waals surface area contributed by atoms with Gasteiger partial charge in [-0.25, -0.2) is 0 Å². The highest BCUT2D eigenvalue weighted by molar-refractivity contribution is 7.27. The Balaban J connectivity index is 0.0000000882. The summed E-state index contributed by atoms with van der Waals surface area (Å²) in [6, 6.07) is 87.9. The molecule has 0 aliphatic heterocycles. The zero-order valence-electron chi connectivity index (χ0n) is 46.5. The Hall–Kier alpha value is -9.28. The van der Waals surface area contributed by atoms with Crippen LogP contribution in [0.4, 0.5) is 0 Å². The van der Waals surface area contributed by atoms with E-state index in [1.807, 2.05) is 45.3 Å². The SMILES string of the molecule is Cn1c2ccccc2c2cc3c(cc21)sc1ccccc13.Cn1c2ccccc2c2cc3sc4ccccc4c3cc21.Cn1c2ccccc2c2ccc3c4ccccc4sc3c21.Cn1c2ccccc2c2ccc3sc4ccccc4c3c21. The lowest BCUT2D eigenvalue weighted by atomic mass is 10.1. The van der Waals surface area contributed by atoms with E-state index in [2.05, 4.69) is 289 Å². The Labute approximate surface area is 498 Å². The van der Waals surface area contributed by atoms with E-state index in [1.54, 1.807) is 0 Å². The predicted octanol–water partition coefficient (Wildman–Crippen LogP) is 22.8. The van der Waals surface area contributed by atoms with Crippen LogP contribution in [0.2, 0.25) is 0 Å². The molecule has 0 N–H and O–H groups in total. The highest BCUT2D eigenvalue weighted by Crippen LogP contribution is 2.45. The van der Waals surface area contributed by atoms with Crippen LogP contribution in [0.1, 0.15) is 0 Å². The molecule has 20 rings (SSSR count). The summed E-state index contributed by atoms with van der Waals surface area (Å²) >= 11 is 7.55. The van der Waals surface area contributed by atoms with E-state index in [0.717, 1.165) is 0 Å². The topological polar surface area (TPSA) is 19.7 Å². The standard InChI is InChI=1S/4C19H13NS/c1-20-16-8-4-2-6-12(16)14-11-19-15(10-17(14)20)13-7-3-5-9-18(13)21-19;1-20-16-8-4-2-6-12(16)14-10-15-13-7-3-5-9-18(13)21-19(15)11-17(14)20;1-20-15-8-4-2-6-12(15)13-10-11-17-18(19(13)20)14-7-3-5-9-16(14)21-17;1-20-16-8-4-2-6-12(16)14-10-11-15-13-7-3-5-9-17(13)21-19(15)18(14)20/h4*2-11H,1H3. The summed E-state index contributed by atoms with van der Waals surface area (Å²) in [6.45, 7) is 0. The molecule has 0 spiro atoms. The molecule has 0 amide bonds. The molecule has 0 aliphatic rings. The first-order valence-electron chi connectivity index (χ1n) is 28.5. The maximum atomic E-state index is 2.37. The van der Waals surface area contributed by atoms with Crippen LogP contribution in [0.3, 0.4) is 0 Å². The van der Waals surface area contributed by atoms with E-state index in [0.29, 0.717) is 0 Å². The highest BCUT2D eigenvalue weighted by atomic mass is 32.1. The number of hydrogen-bond donors (Lipinski definition) is 0. The average molecular weight is 1150 g/mol. The molecule has 20 aromatic rings. The van der Waals surface area contributed by atoms with Gasteiger partial charge in [0, 0.05) is 175 Å². The largest absolute Gasteiger partial charge is 0.344 e. The minimum atomic E-state index is 1.30. The zero-order valence-corrected chi connectivity index (χ0v) is 49.8. The molecule has 0 radical (unpaired) electrons. The van der Waals surface area contributed by atoms with Crippen molar-refractivity contribution >= 4 is 213 Å². The first-order valence-corrected chi connectivity index (χ1v) is 31.7. The van der Waals surface area contributed by atoms with Gasteiger partial charge in [0.1, 0.15) is 0 Å². The summed E-state index contributed by atoms with van der Waals surface area (Å²) in [4.78, 5) is 0. The molecule has 12 aromatic carbocycles. The minimum Gasteiger partial charge on any atom is -0.344 e. The summed E-state index contributed by atoms with van der Waals surface area (Å²) < 4.78 is 20.3. The van der Waals surface area contributed by atoms with E-state index in [9.17, 15) is 0 Å². The van der Waals surface area contributed by atoms with Gasteiger partial charge < -0.3 is 18.3 Å². The molecule has 0 aliphatic carbocycles. The predicted molar refractivity (Wildman–Crippen MR) is 373 cm³/mol.